The molecule has 0 saturated heterocycles. The second-order valence-electron chi connectivity index (χ2n) is 7.05. The van der Waals surface area contributed by atoms with E-state index in [0.717, 1.165) is 12.0 Å². The number of ketones is 1. The van der Waals surface area contributed by atoms with Crippen molar-refractivity contribution in [3.63, 3.8) is 0 Å². The molecule has 1 N–H and O–H groups in total. The number of hydrogen-bond donors (Lipinski definition) is 1. The molecule has 2 aromatic rings. The lowest BCUT2D eigenvalue weighted by Gasteiger charge is -2.18. The number of aryl methyl sites for hydroxylation is 1. The topological polar surface area (TPSA) is 96.7 Å². The van der Waals surface area contributed by atoms with E-state index >= 15 is 0 Å². The predicted molar refractivity (Wildman–Crippen MR) is 108 cm³/mol. The molecule has 29 heavy (non-hydrogen) atoms. The lowest BCUT2D eigenvalue weighted by atomic mass is 9.94. The number of furan rings is 1. The molecular formula is C21H26N2O5S. The number of Topliss-reactive ketones (excluding diaryl/α,β-unsaturated/α-hetero) is 1. The molecule has 1 aromatic heterocycles. The lowest BCUT2D eigenvalue weighted by Crippen LogP contribution is -2.30. The summed E-state index contributed by atoms with van der Waals surface area (Å²) < 4.78 is 32.1. The molecule has 1 amide bonds. The Morgan fingerprint density at radius 1 is 1.14 bits per heavy atom. The molecule has 156 valence electrons. The third-order valence-corrected chi connectivity index (χ3v) is 7.30. The highest BCUT2D eigenvalue weighted by Gasteiger charge is 2.28. The summed E-state index contributed by atoms with van der Waals surface area (Å²) >= 11 is 0. The molecule has 0 atom stereocenters. The number of rotatable bonds is 7. The number of hydrogen-bond acceptors (Lipinski definition) is 5. The smallest absolute Gasteiger partial charge is 0.287 e. The number of amides is 1. The first-order chi connectivity index (χ1) is 13.8. The van der Waals surface area contributed by atoms with Crippen LogP contribution in [0.25, 0.3) is 0 Å². The van der Waals surface area contributed by atoms with Crippen LogP contribution in [0.3, 0.4) is 0 Å². The zero-order valence-electron chi connectivity index (χ0n) is 16.9. The molecule has 3 rings (SSSR count). The fourth-order valence-electron chi connectivity index (χ4n) is 3.62. The van der Waals surface area contributed by atoms with Crippen molar-refractivity contribution >= 4 is 21.7 Å². The Kier molecular flexibility index (Phi) is 6.24. The molecular weight excluding hydrogens is 392 g/mol. The van der Waals surface area contributed by atoms with E-state index in [4.69, 9.17) is 4.42 Å². The van der Waals surface area contributed by atoms with Gasteiger partial charge in [-0.2, -0.15) is 4.31 Å². The van der Waals surface area contributed by atoms with Gasteiger partial charge in [0.15, 0.2) is 11.5 Å². The number of sulfonamides is 1. The molecule has 1 heterocycles. The average molecular weight is 419 g/mol. The number of nitrogens with zero attached hydrogens (tertiary/aromatic N) is 1. The molecule has 0 fully saturated rings. The van der Waals surface area contributed by atoms with Gasteiger partial charge >= 0.3 is 0 Å². The summed E-state index contributed by atoms with van der Waals surface area (Å²) in [5.74, 6) is 0.405. The van der Waals surface area contributed by atoms with E-state index in [1.54, 1.807) is 45.0 Å². The van der Waals surface area contributed by atoms with E-state index in [1.165, 1.54) is 4.31 Å². The summed E-state index contributed by atoms with van der Waals surface area (Å²) in [6.07, 6.45) is 1.89. The second kappa shape index (κ2) is 8.51. The van der Waals surface area contributed by atoms with Crippen LogP contribution in [0.5, 0.6) is 0 Å². The summed E-state index contributed by atoms with van der Waals surface area (Å²) in [5, 5.41) is 2.78. The monoisotopic (exact) mass is 418 g/mol. The fraction of sp³-hybridized carbons (Fsp3) is 0.429. The number of nitrogens with one attached hydrogen (secondary N) is 1. The van der Waals surface area contributed by atoms with E-state index in [9.17, 15) is 18.0 Å². The lowest BCUT2D eigenvalue weighted by molar-refractivity contribution is 0.0917. The minimum Gasteiger partial charge on any atom is -0.455 e. The van der Waals surface area contributed by atoms with Crippen molar-refractivity contribution in [3.8, 4) is 0 Å². The zero-order chi connectivity index (χ0) is 21.2. The van der Waals surface area contributed by atoms with Crippen molar-refractivity contribution in [2.45, 2.75) is 51.5 Å². The third kappa shape index (κ3) is 4.13. The minimum absolute atomic E-state index is 0.0246. The van der Waals surface area contributed by atoms with Gasteiger partial charge in [-0.3, -0.25) is 9.59 Å². The Morgan fingerprint density at radius 2 is 1.79 bits per heavy atom. The van der Waals surface area contributed by atoms with Gasteiger partial charge < -0.3 is 9.73 Å². The molecule has 0 spiro atoms. The van der Waals surface area contributed by atoms with Crippen molar-refractivity contribution in [1.29, 1.82) is 0 Å². The highest BCUT2D eigenvalue weighted by atomic mass is 32.2. The van der Waals surface area contributed by atoms with Gasteiger partial charge in [-0.25, -0.2) is 8.42 Å². The quantitative estimate of drug-likeness (QED) is 0.745. The van der Waals surface area contributed by atoms with E-state index in [2.05, 4.69) is 5.32 Å². The molecule has 7 nitrogen and oxygen atoms in total. The Bertz CT molecular complexity index is 1020. The molecule has 1 aromatic carbocycles. The summed E-state index contributed by atoms with van der Waals surface area (Å²) in [4.78, 5) is 24.8. The molecule has 0 saturated carbocycles. The van der Waals surface area contributed by atoms with Gasteiger partial charge in [0.25, 0.3) is 5.91 Å². The Morgan fingerprint density at radius 3 is 2.38 bits per heavy atom. The van der Waals surface area contributed by atoms with Crippen molar-refractivity contribution in [2.24, 2.45) is 0 Å². The first-order valence-corrected chi connectivity index (χ1v) is 11.3. The molecule has 0 bridgehead atoms. The first kappa shape index (κ1) is 21.3. The number of fused-ring (bicyclic) bond motifs is 1. The summed E-state index contributed by atoms with van der Waals surface area (Å²) in [5.41, 5.74) is 1.90. The van der Waals surface area contributed by atoms with Gasteiger partial charge in [-0.05, 0) is 31.0 Å². The third-order valence-electron chi connectivity index (χ3n) is 5.23. The minimum atomic E-state index is -3.51. The predicted octanol–water partition coefficient (Wildman–Crippen LogP) is 3.07. The van der Waals surface area contributed by atoms with Gasteiger partial charge in [-0.15, -0.1) is 0 Å². The fourth-order valence-corrected chi connectivity index (χ4v) is 5.08. The largest absolute Gasteiger partial charge is 0.455 e. The van der Waals surface area contributed by atoms with E-state index < -0.39 is 10.0 Å². The van der Waals surface area contributed by atoms with Gasteiger partial charge in [0.1, 0.15) is 5.76 Å². The highest BCUT2D eigenvalue weighted by Crippen LogP contribution is 2.29. The van der Waals surface area contributed by atoms with E-state index in [1.807, 2.05) is 0 Å². The van der Waals surface area contributed by atoms with Crippen LogP contribution >= 0.6 is 0 Å². The van der Waals surface area contributed by atoms with Crippen LogP contribution in [0.1, 0.15) is 64.5 Å². The van der Waals surface area contributed by atoms with Gasteiger partial charge in [0, 0.05) is 38.0 Å². The standard InChI is InChI=1S/C21H26N2O5S/c1-4-23(5-2)29(26,27)16-11-9-15(10-12-16)13-22-21(25)20-14(3)19-17(24)7-6-8-18(19)28-20/h9-12H,4-8,13H2,1-3H3,(H,22,25). The summed E-state index contributed by atoms with van der Waals surface area (Å²) in [6.45, 7) is 6.37. The van der Waals surface area contributed by atoms with E-state index in [-0.39, 0.29) is 28.9 Å². The van der Waals surface area contributed by atoms with Crippen LogP contribution in [0, 0.1) is 6.92 Å². The maximum Gasteiger partial charge on any atom is 0.287 e. The molecule has 0 aliphatic heterocycles. The van der Waals surface area contributed by atoms with Gasteiger partial charge in [-0.1, -0.05) is 26.0 Å². The average Bonchev–Trinajstić information content (AvgIpc) is 3.05. The molecule has 1 aliphatic carbocycles. The first-order valence-electron chi connectivity index (χ1n) is 9.82. The zero-order valence-corrected chi connectivity index (χ0v) is 17.8. The molecule has 8 heteroatoms. The van der Waals surface area contributed by atoms with Crippen molar-refractivity contribution in [2.75, 3.05) is 13.1 Å². The van der Waals surface area contributed by atoms with Crippen LogP contribution in [0.2, 0.25) is 0 Å². The maximum absolute atomic E-state index is 12.5. The van der Waals surface area contributed by atoms with Crippen LogP contribution in [0.15, 0.2) is 33.6 Å². The normalized spacial score (nSPS) is 14.1. The molecule has 0 radical (unpaired) electrons. The molecule has 1 aliphatic rings. The summed E-state index contributed by atoms with van der Waals surface area (Å²) in [6, 6.07) is 6.45. The summed E-state index contributed by atoms with van der Waals surface area (Å²) in [7, 11) is -3.51. The highest BCUT2D eigenvalue weighted by molar-refractivity contribution is 7.89. The molecule has 0 unspecified atom stereocenters. The van der Waals surface area contributed by atoms with Crippen molar-refractivity contribution < 1.29 is 22.4 Å². The number of benzene rings is 1. The van der Waals surface area contributed by atoms with Crippen LogP contribution in [-0.2, 0) is 23.0 Å². The van der Waals surface area contributed by atoms with E-state index in [0.29, 0.717) is 42.8 Å². The van der Waals surface area contributed by atoms with Crippen LogP contribution in [-0.4, -0.2) is 37.5 Å². The van der Waals surface area contributed by atoms with Gasteiger partial charge in [0.05, 0.1) is 10.5 Å². The SMILES string of the molecule is CCN(CC)S(=O)(=O)c1ccc(CNC(=O)c2oc3c(c2C)C(=O)CCC3)cc1. The number of carbonyl (C=O) groups excluding carboxylic acids is 2. The van der Waals surface area contributed by atoms with Crippen molar-refractivity contribution in [3.05, 3.63) is 52.5 Å². The second-order valence-corrected chi connectivity index (χ2v) is 8.98. The van der Waals surface area contributed by atoms with Crippen molar-refractivity contribution in [1.82, 2.24) is 9.62 Å². The maximum atomic E-state index is 12.5. The Labute approximate surface area is 171 Å². The van der Waals surface area contributed by atoms with Crippen LogP contribution in [0.4, 0.5) is 0 Å². The number of carbonyl (C=O) groups is 2. The van der Waals surface area contributed by atoms with Crippen LogP contribution < -0.4 is 5.32 Å². The van der Waals surface area contributed by atoms with Gasteiger partial charge in [0.2, 0.25) is 10.0 Å². The Hall–Kier alpha value is -2.45. The Balaban J connectivity index is 1.70.